The van der Waals surface area contributed by atoms with Gasteiger partial charge in [0.05, 0.1) is 34.2 Å². The van der Waals surface area contributed by atoms with Crippen LogP contribution in [-0.4, -0.2) is 9.97 Å². The van der Waals surface area contributed by atoms with Crippen molar-refractivity contribution in [1.29, 1.82) is 5.26 Å². The Morgan fingerprint density at radius 2 is 0.974 bits per heavy atom. The van der Waals surface area contributed by atoms with E-state index in [-0.39, 0.29) is 0 Å². The highest BCUT2D eigenvalue weighted by atomic mass is 14.8. The first-order valence-corrected chi connectivity index (χ1v) is 12.5. The fourth-order valence-electron chi connectivity index (χ4n) is 6.72. The summed E-state index contributed by atoms with van der Waals surface area (Å²) in [6, 6.07) is 30.9. The fraction of sp³-hybridized carbons (Fsp3) is 0. The van der Waals surface area contributed by atoms with E-state index in [1.54, 1.807) is 0 Å². The van der Waals surface area contributed by atoms with Crippen molar-refractivity contribution in [2.75, 3.05) is 0 Å². The van der Waals surface area contributed by atoms with Crippen LogP contribution >= 0.6 is 0 Å². The maximum atomic E-state index is 10.1. The Morgan fingerprint density at radius 3 is 1.61 bits per heavy atom. The van der Waals surface area contributed by atoms with Gasteiger partial charge in [-0.25, -0.2) is 14.8 Å². The molecule has 0 unspecified atom stereocenters. The minimum absolute atomic E-state index is 0.673. The molecule has 0 saturated heterocycles. The molecule has 0 amide bonds. The Bertz CT molecular complexity index is 2400. The van der Waals surface area contributed by atoms with Crippen molar-refractivity contribution in [3.8, 4) is 6.07 Å². The van der Waals surface area contributed by atoms with E-state index in [9.17, 15) is 5.26 Å². The van der Waals surface area contributed by atoms with Crippen LogP contribution in [0.1, 0.15) is 5.56 Å². The van der Waals surface area contributed by atoms with Crippen LogP contribution in [0.15, 0.2) is 84.9 Å². The van der Waals surface area contributed by atoms with Crippen LogP contribution in [0.3, 0.4) is 0 Å². The second-order valence-electron chi connectivity index (χ2n) is 9.86. The zero-order valence-corrected chi connectivity index (χ0v) is 19.9. The van der Waals surface area contributed by atoms with Crippen molar-refractivity contribution in [3.05, 3.63) is 102 Å². The van der Waals surface area contributed by atoms with Gasteiger partial charge < -0.3 is 0 Å². The van der Waals surface area contributed by atoms with Gasteiger partial charge >= 0.3 is 0 Å². The van der Waals surface area contributed by atoms with Gasteiger partial charge in [-0.3, -0.25) is 0 Å². The third-order valence-corrected chi connectivity index (χ3v) is 8.17. The fourth-order valence-corrected chi connectivity index (χ4v) is 6.72. The average molecular weight is 479 g/mol. The number of rotatable bonds is 0. The van der Waals surface area contributed by atoms with Gasteiger partial charge in [-0.05, 0) is 26.9 Å². The molecular formula is C34H14N4. The lowest BCUT2D eigenvalue weighted by atomic mass is 9.94. The van der Waals surface area contributed by atoms with Crippen LogP contribution in [0.5, 0.6) is 0 Å². The van der Waals surface area contributed by atoms with Crippen molar-refractivity contribution < 1.29 is 0 Å². The number of hydrogen-bond donors (Lipinski definition) is 0. The maximum absolute atomic E-state index is 10.1. The largest absolute Gasteiger partial charge is 0.243 e. The third kappa shape index (κ3) is 2.08. The lowest BCUT2D eigenvalue weighted by molar-refractivity contribution is 1.46. The number of hydrogen-bond acceptors (Lipinski definition) is 3. The molecule has 0 atom stereocenters. The first kappa shape index (κ1) is 19.6. The SMILES string of the molecule is [C-]#[N+]c1c2ccccc2c2c3nc4c(nc3c3cccc1c32)c1cccc2c(C#N)c3ccccc3c4c21. The summed E-state index contributed by atoms with van der Waals surface area (Å²) in [5, 5.41) is 22.1. The molecule has 0 aliphatic carbocycles. The van der Waals surface area contributed by atoms with Crippen LogP contribution in [0.2, 0.25) is 0 Å². The zero-order chi connectivity index (χ0) is 25.1. The van der Waals surface area contributed by atoms with Crippen molar-refractivity contribution in [1.82, 2.24) is 9.97 Å². The van der Waals surface area contributed by atoms with Crippen LogP contribution in [0.4, 0.5) is 5.69 Å². The predicted octanol–water partition coefficient (Wildman–Crippen LogP) is 9.00. The molecule has 8 aromatic carbocycles. The molecule has 0 N–H and O–H groups in total. The summed E-state index contributed by atoms with van der Waals surface area (Å²) in [4.78, 5) is 14.7. The van der Waals surface area contributed by atoms with E-state index >= 15 is 0 Å². The van der Waals surface area contributed by atoms with Gasteiger partial charge in [0.15, 0.2) is 0 Å². The second kappa shape index (κ2) is 6.59. The van der Waals surface area contributed by atoms with Gasteiger partial charge in [0, 0.05) is 37.7 Å². The molecule has 0 radical (unpaired) electrons. The van der Waals surface area contributed by atoms with E-state index in [4.69, 9.17) is 16.5 Å². The third-order valence-electron chi connectivity index (χ3n) is 8.17. The van der Waals surface area contributed by atoms with Gasteiger partial charge in [0.1, 0.15) is 6.07 Å². The first-order valence-electron chi connectivity index (χ1n) is 12.5. The molecule has 4 nitrogen and oxygen atoms in total. The smallest absolute Gasteiger partial charge is 0.202 e. The van der Waals surface area contributed by atoms with Gasteiger partial charge in [-0.2, -0.15) is 5.26 Å². The summed E-state index contributed by atoms with van der Waals surface area (Å²) in [5.74, 6) is 0. The zero-order valence-electron chi connectivity index (χ0n) is 19.9. The first-order chi connectivity index (χ1) is 18.8. The lowest BCUT2D eigenvalue weighted by Gasteiger charge is -2.08. The number of benzene rings is 6. The Labute approximate surface area is 215 Å². The van der Waals surface area contributed by atoms with Crippen molar-refractivity contribution in [2.24, 2.45) is 0 Å². The van der Waals surface area contributed by atoms with Crippen molar-refractivity contribution in [2.45, 2.75) is 0 Å². The Morgan fingerprint density at radius 1 is 0.500 bits per heavy atom. The van der Waals surface area contributed by atoms with Crippen LogP contribution < -0.4 is 0 Å². The summed E-state index contributed by atoms with van der Waals surface area (Å²) >= 11 is 0. The molecule has 0 spiro atoms. The van der Waals surface area contributed by atoms with Crippen molar-refractivity contribution in [3.63, 3.8) is 0 Å². The highest BCUT2D eigenvalue weighted by Gasteiger charge is 2.24. The van der Waals surface area contributed by atoms with E-state index in [1.807, 2.05) is 60.7 Å². The topological polar surface area (TPSA) is 53.9 Å². The number of nitrogens with zero attached hydrogens (tertiary/aromatic N) is 4. The van der Waals surface area contributed by atoms with Gasteiger partial charge in [0.25, 0.3) is 0 Å². The molecule has 1 heterocycles. The van der Waals surface area contributed by atoms with Crippen LogP contribution in [-0.2, 0) is 0 Å². The lowest BCUT2D eigenvalue weighted by Crippen LogP contribution is -1.85. The van der Waals surface area contributed by atoms with E-state index in [1.165, 1.54) is 0 Å². The minimum Gasteiger partial charge on any atom is -0.243 e. The van der Waals surface area contributed by atoms with E-state index < -0.39 is 0 Å². The second-order valence-corrected chi connectivity index (χ2v) is 9.86. The monoisotopic (exact) mass is 478 g/mol. The Kier molecular flexibility index (Phi) is 3.40. The van der Waals surface area contributed by atoms with Crippen LogP contribution in [0, 0.1) is 17.9 Å². The quantitative estimate of drug-likeness (QED) is 0.161. The predicted molar refractivity (Wildman–Crippen MR) is 155 cm³/mol. The number of fused-ring (bicyclic) bond motifs is 10. The van der Waals surface area contributed by atoms with E-state index in [0.29, 0.717) is 11.3 Å². The van der Waals surface area contributed by atoms with Gasteiger partial charge in [-0.1, -0.05) is 84.9 Å². The Hall–Kier alpha value is -5.58. The molecule has 0 fully saturated rings. The maximum Gasteiger partial charge on any atom is 0.202 e. The summed E-state index contributed by atoms with van der Waals surface area (Å²) in [6.07, 6.45) is 0. The highest BCUT2D eigenvalue weighted by molar-refractivity contribution is 6.41. The van der Waals surface area contributed by atoms with Gasteiger partial charge in [-0.15, -0.1) is 0 Å². The molecule has 38 heavy (non-hydrogen) atoms. The summed E-state index contributed by atoms with van der Waals surface area (Å²) in [5.41, 5.74) is 4.78. The van der Waals surface area contributed by atoms with Gasteiger partial charge in [0.2, 0.25) is 5.69 Å². The summed E-state index contributed by atoms with van der Waals surface area (Å²) in [7, 11) is 0. The standard InChI is InChI=1S/C34H14N4/c1-36-30-21-11-5-4-10-19(21)29-27-22(30)13-7-15-24(27)32-34(29)38-33-28-18-9-3-2-8-17(18)25(16-35)20-12-6-14-23(26(20)28)31(33)37-32/h2-15H. The molecule has 0 aliphatic rings. The molecule has 170 valence electrons. The minimum atomic E-state index is 0.673. The molecule has 4 heteroatoms. The molecule has 0 aliphatic heterocycles. The average Bonchev–Trinajstić information content (AvgIpc) is 3.47. The van der Waals surface area contributed by atoms with Crippen LogP contribution in [0.25, 0.3) is 91.5 Å². The highest BCUT2D eigenvalue weighted by Crippen LogP contribution is 2.49. The summed E-state index contributed by atoms with van der Waals surface area (Å²) < 4.78 is 0. The van der Waals surface area contributed by atoms with Crippen molar-refractivity contribution >= 4 is 92.4 Å². The van der Waals surface area contributed by atoms with E-state index in [2.05, 4.69) is 35.2 Å². The molecule has 9 aromatic rings. The van der Waals surface area contributed by atoms with E-state index in [0.717, 1.165) is 86.7 Å². The molecular weight excluding hydrogens is 464 g/mol. The Balaban J connectivity index is 1.64. The normalized spacial score (nSPS) is 12.2. The number of aromatic nitrogens is 2. The molecule has 0 saturated carbocycles. The molecule has 1 aromatic heterocycles. The molecule has 9 rings (SSSR count). The molecule has 0 bridgehead atoms. The summed E-state index contributed by atoms with van der Waals surface area (Å²) in [6.45, 7) is 7.96. The number of nitriles is 1.